The molecule has 3 N–H and O–H groups in total. The molecule has 2 saturated heterocycles. The lowest BCUT2D eigenvalue weighted by Gasteiger charge is -2.42. The summed E-state index contributed by atoms with van der Waals surface area (Å²) in [5, 5.41) is 13.8. The smallest absolute Gasteiger partial charge is 0.416 e. The number of nitrogens with one attached hydrogen (secondary N) is 2. The van der Waals surface area contributed by atoms with Crippen LogP contribution in [0.25, 0.3) is 0 Å². The molecule has 290 valence electrons. The number of guanidine groups is 1. The van der Waals surface area contributed by atoms with Crippen LogP contribution >= 0.6 is 11.6 Å². The SMILES string of the molecule is CC1(C(=O)N2CC=C(C3N=C4N(CC(=O)Nc5ccc(C(F)(F)F)cc5Cl)C5=C(C(=O)N4N3)C3(CCN(C(=O)c4ncccc4O)CC3)OC5)CC2)COC1. The minimum atomic E-state index is -4.63. The number of ether oxygens (including phenoxy) is 2. The molecule has 0 radical (unpaired) electrons. The Kier molecular flexibility index (Phi) is 9.13. The largest absolute Gasteiger partial charge is 0.505 e. The van der Waals surface area contributed by atoms with Gasteiger partial charge >= 0.3 is 6.18 Å². The van der Waals surface area contributed by atoms with Crippen molar-refractivity contribution in [1.82, 2.24) is 30.1 Å². The number of benzene rings is 1. The number of carbonyl (C=O) groups is 4. The first-order chi connectivity index (χ1) is 26.2. The van der Waals surface area contributed by atoms with E-state index in [1.165, 1.54) is 28.2 Å². The molecule has 1 aromatic heterocycles. The monoisotopic (exact) mass is 784 g/mol. The van der Waals surface area contributed by atoms with E-state index in [-0.39, 0.29) is 72.1 Å². The van der Waals surface area contributed by atoms with Crippen molar-refractivity contribution in [3.63, 3.8) is 0 Å². The Hall–Kier alpha value is -5.04. The number of fused-ring (bicyclic) bond motifs is 2. The number of likely N-dealkylation sites (tertiary alicyclic amines) is 1. The third kappa shape index (κ3) is 6.49. The molecule has 6 aliphatic heterocycles. The normalized spacial score (nSPS) is 22.9. The van der Waals surface area contributed by atoms with E-state index < -0.39 is 53.2 Å². The molecule has 1 spiro atoms. The van der Waals surface area contributed by atoms with Gasteiger partial charge in [-0.1, -0.05) is 17.7 Å². The number of aromatic nitrogens is 1. The van der Waals surface area contributed by atoms with E-state index in [0.717, 1.165) is 23.8 Å². The van der Waals surface area contributed by atoms with Gasteiger partial charge in [0.15, 0.2) is 5.69 Å². The predicted molar refractivity (Wildman–Crippen MR) is 188 cm³/mol. The molecule has 1 unspecified atom stereocenters. The third-order valence-corrected chi connectivity index (χ3v) is 11.2. The molecule has 7 heterocycles. The standard InChI is InChI=1S/C36H36ClF3N8O7/c1-34(18-54-19-34)32(53)46-11-6-20(7-12-46)29-43-33-47(16-26(50)42-23-5-4-21(15-22(23)37)36(38,39)40)24-17-55-35(27(24)30(51)48(33)44-29)8-13-45(14-9-35)31(52)28-25(49)3-2-10-41-28/h2-6,10,15,29,44,49H,7-9,11-14,16-19H2,1H3,(H,42,50). The second-order valence-corrected chi connectivity index (χ2v) is 14.9. The fourth-order valence-corrected chi connectivity index (χ4v) is 7.99. The number of hydrazine groups is 1. The Balaban J connectivity index is 1.06. The van der Waals surface area contributed by atoms with Gasteiger partial charge in [-0.05, 0) is 62.1 Å². The summed E-state index contributed by atoms with van der Waals surface area (Å²) in [4.78, 5) is 68.1. The van der Waals surface area contributed by atoms with Gasteiger partial charge < -0.3 is 34.6 Å². The summed E-state index contributed by atoms with van der Waals surface area (Å²) in [7, 11) is 0. The van der Waals surface area contributed by atoms with E-state index in [2.05, 4.69) is 15.7 Å². The lowest BCUT2D eigenvalue weighted by Crippen LogP contribution is -2.59. The topological polar surface area (TPSA) is 169 Å². The number of alkyl halides is 3. The third-order valence-electron chi connectivity index (χ3n) is 10.9. The number of anilines is 1. The maximum absolute atomic E-state index is 14.4. The molecule has 8 rings (SSSR count). The van der Waals surface area contributed by atoms with Crippen molar-refractivity contribution < 1.29 is 46.9 Å². The van der Waals surface area contributed by atoms with E-state index in [0.29, 0.717) is 38.4 Å². The Morgan fingerprint density at radius 3 is 2.53 bits per heavy atom. The van der Waals surface area contributed by atoms with Crippen LogP contribution in [0.1, 0.15) is 42.2 Å². The first-order valence-electron chi connectivity index (χ1n) is 17.7. The Labute approximate surface area is 317 Å². The zero-order valence-electron chi connectivity index (χ0n) is 29.5. The van der Waals surface area contributed by atoms with Crippen molar-refractivity contribution in [3.05, 3.63) is 75.7 Å². The highest BCUT2D eigenvalue weighted by Gasteiger charge is 2.56. The number of aromatic hydroxyl groups is 1. The molecule has 1 aromatic carbocycles. The summed E-state index contributed by atoms with van der Waals surface area (Å²) in [6, 6.07) is 5.49. The van der Waals surface area contributed by atoms with Crippen LogP contribution in [-0.4, -0.2) is 124 Å². The number of rotatable bonds is 6. The zero-order chi connectivity index (χ0) is 38.9. The van der Waals surface area contributed by atoms with E-state index in [1.807, 2.05) is 13.0 Å². The summed E-state index contributed by atoms with van der Waals surface area (Å²) >= 11 is 6.14. The van der Waals surface area contributed by atoms with Crippen LogP contribution in [0.5, 0.6) is 5.75 Å². The molecule has 4 amide bonds. The van der Waals surface area contributed by atoms with Crippen LogP contribution < -0.4 is 10.7 Å². The molecule has 2 fully saturated rings. The van der Waals surface area contributed by atoms with E-state index >= 15 is 0 Å². The molecule has 19 heteroatoms. The number of amides is 4. The average molecular weight is 785 g/mol. The van der Waals surface area contributed by atoms with Crippen molar-refractivity contribution in [1.29, 1.82) is 0 Å². The Bertz CT molecular complexity index is 2080. The van der Waals surface area contributed by atoms with Gasteiger partial charge in [-0.3, -0.25) is 19.2 Å². The number of hydrogen-bond acceptors (Lipinski definition) is 11. The number of halogens is 4. The maximum Gasteiger partial charge on any atom is 0.416 e. The fourth-order valence-electron chi connectivity index (χ4n) is 7.77. The number of piperidine rings is 1. The molecule has 15 nitrogen and oxygen atoms in total. The van der Waals surface area contributed by atoms with Crippen molar-refractivity contribution in [2.45, 2.75) is 44.1 Å². The molecule has 0 aliphatic carbocycles. The molecule has 2 aromatic rings. The number of pyridine rings is 1. The summed E-state index contributed by atoms with van der Waals surface area (Å²) in [6.45, 7) is 3.28. The first kappa shape index (κ1) is 36.9. The van der Waals surface area contributed by atoms with E-state index in [1.54, 1.807) is 9.80 Å². The van der Waals surface area contributed by atoms with Crippen LogP contribution in [-0.2, 0) is 30.0 Å². The summed E-state index contributed by atoms with van der Waals surface area (Å²) in [5.74, 6) is -1.67. The quantitative estimate of drug-likeness (QED) is 0.371. The van der Waals surface area contributed by atoms with Gasteiger partial charge in [0.1, 0.15) is 24.1 Å². The summed E-state index contributed by atoms with van der Waals surface area (Å²) < 4.78 is 51.4. The highest BCUT2D eigenvalue weighted by atomic mass is 35.5. The first-order valence-corrected chi connectivity index (χ1v) is 18.0. The van der Waals surface area contributed by atoms with Crippen molar-refractivity contribution >= 4 is 46.9 Å². The second-order valence-electron chi connectivity index (χ2n) is 14.5. The number of hydrogen-bond donors (Lipinski definition) is 3. The number of nitrogens with zero attached hydrogens (tertiary/aromatic N) is 6. The zero-order valence-corrected chi connectivity index (χ0v) is 30.2. The second kappa shape index (κ2) is 13.6. The molecule has 55 heavy (non-hydrogen) atoms. The van der Waals surface area contributed by atoms with Gasteiger partial charge in [0.05, 0.1) is 52.8 Å². The maximum atomic E-state index is 14.4. The van der Waals surface area contributed by atoms with E-state index in [4.69, 9.17) is 26.1 Å². The van der Waals surface area contributed by atoms with Gasteiger partial charge in [0.2, 0.25) is 17.8 Å². The molecule has 0 saturated carbocycles. The van der Waals surface area contributed by atoms with E-state index in [9.17, 15) is 37.5 Å². The van der Waals surface area contributed by atoms with Gasteiger partial charge in [-0.25, -0.2) is 15.0 Å². The summed E-state index contributed by atoms with van der Waals surface area (Å²) in [6.07, 6.45) is -1.10. The van der Waals surface area contributed by atoms with Crippen molar-refractivity contribution in [3.8, 4) is 5.75 Å². The predicted octanol–water partition coefficient (Wildman–Crippen LogP) is 2.90. The summed E-state index contributed by atoms with van der Waals surface area (Å²) in [5.41, 5.74) is 1.93. The highest BCUT2D eigenvalue weighted by molar-refractivity contribution is 6.33. The van der Waals surface area contributed by atoms with Gasteiger partial charge in [0.25, 0.3) is 11.8 Å². The average Bonchev–Trinajstić information content (AvgIpc) is 3.76. The number of aliphatic imine (C=N–C) groups is 1. The van der Waals surface area contributed by atoms with Crippen LogP contribution in [0.2, 0.25) is 5.02 Å². The molecular weight excluding hydrogens is 749 g/mol. The molecule has 0 bridgehead atoms. The van der Waals surface area contributed by atoms with Gasteiger partial charge in [0, 0.05) is 32.4 Å². The lowest BCUT2D eigenvalue weighted by atomic mass is 9.82. The van der Waals surface area contributed by atoms with Crippen LogP contribution in [0, 0.1) is 5.41 Å². The van der Waals surface area contributed by atoms with Gasteiger partial charge in [-0.15, -0.1) is 0 Å². The highest BCUT2D eigenvalue weighted by Crippen LogP contribution is 2.45. The van der Waals surface area contributed by atoms with Crippen LogP contribution in [0.4, 0.5) is 18.9 Å². The number of carbonyl (C=O) groups excluding carboxylic acids is 4. The Morgan fingerprint density at radius 1 is 1.13 bits per heavy atom. The minimum Gasteiger partial charge on any atom is -0.505 e. The Morgan fingerprint density at radius 2 is 1.89 bits per heavy atom. The molecular formula is C36H36ClF3N8O7. The molecule has 1 atom stereocenters. The van der Waals surface area contributed by atoms with Crippen LogP contribution in [0.15, 0.2) is 64.4 Å². The van der Waals surface area contributed by atoms with Crippen LogP contribution in [0.3, 0.4) is 0 Å². The molecule has 6 aliphatic rings. The van der Waals surface area contributed by atoms with Crippen molar-refractivity contribution in [2.75, 3.05) is 57.9 Å². The lowest BCUT2D eigenvalue weighted by molar-refractivity contribution is -0.168. The minimum absolute atomic E-state index is 0.00758. The fraction of sp³-hybridized carbons (Fsp3) is 0.444. The van der Waals surface area contributed by atoms with Gasteiger partial charge in [-0.2, -0.15) is 18.6 Å². The van der Waals surface area contributed by atoms with Crippen molar-refractivity contribution in [2.24, 2.45) is 10.4 Å².